The Morgan fingerprint density at radius 3 is 2.58 bits per heavy atom. The molecule has 0 spiro atoms. The summed E-state index contributed by atoms with van der Waals surface area (Å²) in [7, 11) is 0. The van der Waals surface area contributed by atoms with Crippen LogP contribution in [0.1, 0.15) is 23.2 Å². The first-order valence-electron chi connectivity index (χ1n) is 5.51. The Bertz CT molecular complexity index is 673. The van der Waals surface area contributed by atoms with Crippen LogP contribution in [0.5, 0.6) is 0 Å². The molecule has 1 aromatic heterocycles. The van der Waals surface area contributed by atoms with Gasteiger partial charge in [0, 0.05) is 0 Å². The standard InChI is InChI=1S/C11H8F3N3O2/c12-11(13,14)10(3-4-10)17-8-2-1-6(9(18)19)5-7(8)15-16-17/h1-2,5H,3-4H2,(H,18,19). The van der Waals surface area contributed by atoms with E-state index < -0.39 is 17.7 Å². The third kappa shape index (κ3) is 1.59. The van der Waals surface area contributed by atoms with Gasteiger partial charge in [-0.15, -0.1) is 5.10 Å². The molecule has 3 rings (SSSR count). The fourth-order valence-corrected chi connectivity index (χ4v) is 2.11. The Labute approximate surface area is 104 Å². The number of aromatic nitrogens is 3. The van der Waals surface area contributed by atoms with E-state index >= 15 is 0 Å². The maximum absolute atomic E-state index is 13.0. The minimum Gasteiger partial charge on any atom is -0.478 e. The van der Waals surface area contributed by atoms with Crippen molar-refractivity contribution >= 4 is 17.0 Å². The van der Waals surface area contributed by atoms with Crippen molar-refractivity contribution in [3.05, 3.63) is 23.8 Å². The molecule has 0 radical (unpaired) electrons. The minimum atomic E-state index is -4.39. The van der Waals surface area contributed by atoms with E-state index in [1.165, 1.54) is 18.2 Å². The molecule has 0 unspecified atom stereocenters. The summed E-state index contributed by atoms with van der Waals surface area (Å²) in [4.78, 5) is 10.8. The van der Waals surface area contributed by atoms with Gasteiger partial charge in [-0.3, -0.25) is 0 Å². The van der Waals surface area contributed by atoms with Gasteiger partial charge in [0.25, 0.3) is 0 Å². The number of hydrogen-bond donors (Lipinski definition) is 1. The van der Waals surface area contributed by atoms with Gasteiger partial charge in [-0.1, -0.05) is 5.21 Å². The zero-order valence-electron chi connectivity index (χ0n) is 9.48. The van der Waals surface area contributed by atoms with Gasteiger partial charge >= 0.3 is 12.1 Å². The maximum Gasteiger partial charge on any atom is 0.413 e. The molecule has 1 aromatic carbocycles. The summed E-state index contributed by atoms with van der Waals surface area (Å²) in [6, 6.07) is 3.77. The van der Waals surface area contributed by atoms with Gasteiger partial charge in [0.1, 0.15) is 5.52 Å². The molecule has 0 saturated heterocycles. The van der Waals surface area contributed by atoms with Gasteiger partial charge in [0.05, 0.1) is 11.1 Å². The fraction of sp³-hybridized carbons (Fsp3) is 0.364. The molecule has 1 saturated carbocycles. The zero-order chi connectivity index (χ0) is 13.8. The molecule has 8 heteroatoms. The molecule has 1 fully saturated rings. The summed E-state index contributed by atoms with van der Waals surface area (Å²) in [6.45, 7) is 0. The highest BCUT2D eigenvalue weighted by Gasteiger charge is 2.66. The summed E-state index contributed by atoms with van der Waals surface area (Å²) < 4.78 is 39.9. The largest absolute Gasteiger partial charge is 0.478 e. The van der Waals surface area contributed by atoms with E-state index in [1.807, 2.05) is 0 Å². The van der Waals surface area contributed by atoms with E-state index in [-0.39, 0.29) is 29.4 Å². The number of halogens is 3. The second kappa shape index (κ2) is 3.46. The fourth-order valence-electron chi connectivity index (χ4n) is 2.11. The Morgan fingerprint density at radius 1 is 1.37 bits per heavy atom. The number of benzene rings is 1. The Kier molecular flexibility index (Phi) is 2.17. The minimum absolute atomic E-state index is 0.0311. The second-order valence-corrected chi connectivity index (χ2v) is 4.54. The highest BCUT2D eigenvalue weighted by Crippen LogP contribution is 2.55. The number of hydrogen-bond acceptors (Lipinski definition) is 3. The van der Waals surface area contributed by atoms with Crippen LogP contribution in [0.25, 0.3) is 11.0 Å². The molecule has 0 amide bonds. The number of carbonyl (C=O) groups is 1. The Balaban J connectivity index is 2.15. The van der Waals surface area contributed by atoms with Crippen molar-refractivity contribution in [3.63, 3.8) is 0 Å². The lowest BCUT2D eigenvalue weighted by Gasteiger charge is -2.19. The number of alkyl halides is 3. The molecule has 19 heavy (non-hydrogen) atoms. The smallest absolute Gasteiger partial charge is 0.413 e. The highest BCUT2D eigenvalue weighted by atomic mass is 19.4. The lowest BCUT2D eigenvalue weighted by Crippen LogP contribution is -2.35. The topological polar surface area (TPSA) is 68.0 Å². The summed E-state index contributed by atoms with van der Waals surface area (Å²) in [6.07, 6.45) is -4.45. The van der Waals surface area contributed by atoms with Crippen LogP contribution in [0.2, 0.25) is 0 Å². The van der Waals surface area contributed by atoms with E-state index in [2.05, 4.69) is 10.3 Å². The van der Waals surface area contributed by atoms with Crippen LogP contribution in [0.4, 0.5) is 13.2 Å². The van der Waals surface area contributed by atoms with Crippen molar-refractivity contribution in [2.75, 3.05) is 0 Å². The van der Waals surface area contributed by atoms with Crippen LogP contribution in [0.3, 0.4) is 0 Å². The molecule has 100 valence electrons. The first-order valence-corrected chi connectivity index (χ1v) is 5.51. The van der Waals surface area contributed by atoms with Crippen molar-refractivity contribution < 1.29 is 23.1 Å². The van der Waals surface area contributed by atoms with Crippen LogP contribution in [0, 0.1) is 0 Å². The van der Waals surface area contributed by atoms with Gasteiger partial charge in [-0.05, 0) is 31.0 Å². The highest BCUT2D eigenvalue weighted by molar-refractivity contribution is 5.92. The normalized spacial score (nSPS) is 17.6. The van der Waals surface area contributed by atoms with Crippen LogP contribution >= 0.6 is 0 Å². The lowest BCUT2D eigenvalue weighted by atomic mass is 10.2. The first-order chi connectivity index (χ1) is 8.85. The third-order valence-corrected chi connectivity index (χ3v) is 3.35. The summed E-state index contributed by atoms with van der Waals surface area (Å²) in [5.41, 5.74) is -1.67. The molecule has 2 aromatic rings. The quantitative estimate of drug-likeness (QED) is 0.909. The predicted molar refractivity (Wildman–Crippen MR) is 57.8 cm³/mol. The average molecular weight is 271 g/mol. The van der Waals surface area contributed by atoms with Gasteiger partial charge in [0.2, 0.25) is 0 Å². The van der Waals surface area contributed by atoms with E-state index in [0.29, 0.717) is 0 Å². The van der Waals surface area contributed by atoms with Crippen molar-refractivity contribution in [2.45, 2.75) is 24.6 Å². The summed E-state index contributed by atoms with van der Waals surface area (Å²) in [5, 5.41) is 16.0. The van der Waals surface area contributed by atoms with Gasteiger partial charge in [0.15, 0.2) is 5.54 Å². The van der Waals surface area contributed by atoms with Crippen molar-refractivity contribution in [1.82, 2.24) is 15.0 Å². The van der Waals surface area contributed by atoms with Gasteiger partial charge < -0.3 is 5.11 Å². The molecule has 0 atom stereocenters. The monoisotopic (exact) mass is 271 g/mol. The predicted octanol–water partition coefficient (Wildman–Crippen LogP) is 2.18. The number of carboxylic acids is 1. The van der Waals surface area contributed by atoms with E-state index in [0.717, 1.165) is 4.68 Å². The number of fused-ring (bicyclic) bond motifs is 1. The molecule has 0 bridgehead atoms. The molecular formula is C11H8F3N3O2. The number of aromatic carboxylic acids is 1. The molecule has 0 aliphatic heterocycles. The van der Waals surface area contributed by atoms with E-state index in [1.54, 1.807) is 0 Å². The van der Waals surface area contributed by atoms with Crippen molar-refractivity contribution in [2.24, 2.45) is 0 Å². The molecule has 1 aliphatic carbocycles. The van der Waals surface area contributed by atoms with Crippen LogP contribution in [-0.4, -0.2) is 32.2 Å². The Hall–Kier alpha value is -2.12. The number of carboxylic acid groups (broad SMARTS) is 1. The van der Waals surface area contributed by atoms with E-state index in [9.17, 15) is 18.0 Å². The maximum atomic E-state index is 13.0. The van der Waals surface area contributed by atoms with Gasteiger partial charge in [-0.25, -0.2) is 9.48 Å². The van der Waals surface area contributed by atoms with Crippen LogP contribution in [0.15, 0.2) is 18.2 Å². The number of rotatable bonds is 2. The van der Waals surface area contributed by atoms with Gasteiger partial charge in [-0.2, -0.15) is 13.2 Å². The SMILES string of the molecule is O=C(O)c1ccc2c(c1)nnn2C1(C(F)(F)F)CC1. The summed E-state index contributed by atoms with van der Waals surface area (Å²) in [5.74, 6) is -1.16. The first kappa shape index (κ1) is 11.9. The number of nitrogens with zero attached hydrogens (tertiary/aromatic N) is 3. The third-order valence-electron chi connectivity index (χ3n) is 3.35. The van der Waals surface area contributed by atoms with Crippen LogP contribution in [-0.2, 0) is 5.54 Å². The molecular weight excluding hydrogens is 263 g/mol. The summed E-state index contributed by atoms with van der Waals surface area (Å²) >= 11 is 0. The second-order valence-electron chi connectivity index (χ2n) is 4.54. The lowest BCUT2D eigenvalue weighted by molar-refractivity contribution is -0.181. The van der Waals surface area contributed by atoms with Crippen LogP contribution < -0.4 is 0 Å². The zero-order valence-corrected chi connectivity index (χ0v) is 9.48. The van der Waals surface area contributed by atoms with Crippen molar-refractivity contribution in [3.8, 4) is 0 Å². The molecule has 1 heterocycles. The molecule has 1 aliphatic rings. The van der Waals surface area contributed by atoms with E-state index in [4.69, 9.17) is 5.11 Å². The van der Waals surface area contributed by atoms with Crippen molar-refractivity contribution in [1.29, 1.82) is 0 Å². The Morgan fingerprint density at radius 2 is 2.05 bits per heavy atom. The average Bonchev–Trinajstić information content (AvgIpc) is 3.03. The molecule has 5 nitrogen and oxygen atoms in total. The molecule has 1 N–H and O–H groups in total.